The van der Waals surface area contributed by atoms with Gasteiger partial charge in [-0.3, -0.25) is 0 Å². The third kappa shape index (κ3) is 4.16. The fourth-order valence-corrected chi connectivity index (χ4v) is 11.5. The Balaban J connectivity index is 1.34. The summed E-state index contributed by atoms with van der Waals surface area (Å²) in [4.78, 5) is 13.9. The van der Waals surface area contributed by atoms with Gasteiger partial charge < -0.3 is 0 Å². The molecule has 1 unspecified atom stereocenters. The Kier molecular flexibility index (Phi) is 6.76. The second-order valence-electron chi connectivity index (χ2n) is 15.1. The number of hydrogen-bond donors (Lipinski definition) is 0. The average Bonchev–Trinajstić information content (AvgIpc) is 3.58. The minimum atomic E-state index is -1.00. The molecule has 1 aromatic heterocycles. The zero-order valence-electron chi connectivity index (χ0n) is 30.6. The summed E-state index contributed by atoms with van der Waals surface area (Å²) in [5.74, 6) is 0.699. The molecule has 1 atom stereocenters. The van der Waals surface area contributed by atoms with Crippen molar-refractivity contribution in [3.05, 3.63) is 238 Å². The predicted octanol–water partition coefficient (Wildman–Crippen LogP) is 12.4. The van der Waals surface area contributed by atoms with E-state index >= 15 is 0 Å². The van der Waals surface area contributed by atoms with Crippen LogP contribution < -0.4 is 0 Å². The monoisotopic (exact) mass is 741 g/mol. The molecule has 0 radical (unpaired) electrons. The number of aromatic nitrogens is 2. The summed E-state index contributed by atoms with van der Waals surface area (Å²) in [5.41, 5.74) is 13.7. The van der Waals surface area contributed by atoms with Crippen molar-refractivity contribution in [1.82, 2.24) is 9.97 Å². The molecule has 2 bridgehead atoms. The maximum absolute atomic E-state index is 10.4. The van der Waals surface area contributed by atoms with Gasteiger partial charge in [-0.1, -0.05) is 176 Å². The Bertz CT molecular complexity index is 3140. The topological polar surface area (TPSA) is 49.6 Å². The van der Waals surface area contributed by atoms with Crippen LogP contribution in [0.5, 0.6) is 0 Å². The molecule has 3 heterocycles. The van der Waals surface area contributed by atoms with E-state index in [2.05, 4.69) is 176 Å². The molecule has 2 aliphatic heterocycles. The van der Waals surface area contributed by atoms with Crippen LogP contribution in [0.1, 0.15) is 50.3 Å². The molecular formula is C53H31N3S. The van der Waals surface area contributed by atoms with E-state index in [0.29, 0.717) is 11.4 Å². The zero-order valence-corrected chi connectivity index (χ0v) is 31.5. The van der Waals surface area contributed by atoms with Crippen LogP contribution in [0.2, 0.25) is 0 Å². The minimum Gasteiger partial charge on any atom is -0.231 e. The molecule has 12 rings (SSSR count). The van der Waals surface area contributed by atoms with E-state index in [4.69, 9.17) is 9.97 Å². The third-order valence-corrected chi connectivity index (χ3v) is 13.6. The van der Waals surface area contributed by atoms with Crippen molar-refractivity contribution in [3.63, 3.8) is 0 Å². The molecule has 57 heavy (non-hydrogen) atoms. The first-order valence-corrected chi connectivity index (χ1v) is 20.1. The SMILES string of the molecule is N#Cc1ccc(C2(c3ccccc3)c3nc(-c4ccccc4)cc(n3)-c3cccc4c3-c3c(cccc32)C42c3ccccc3Sc3ccccc32)c2ccccc12. The Hall–Kier alpha value is -7.06. The highest BCUT2D eigenvalue weighted by Crippen LogP contribution is 2.66. The molecule has 1 spiro atoms. The molecule has 264 valence electrons. The molecule has 0 fully saturated rings. The van der Waals surface area contributed by atoms with Crippen LogP contribution in [0.4, 0.5) is 0 Å². The summed E-state index contributed by atoms with van der Waals surface area (Å²) in [6.45, 7) is 0. The van der Waals surface area contributed by atoms with E-state index in [1.807, 2.05) is 30.0 Å². The largest absolute Gasteiger partial charge is 0.231 e. The predicted molar refractivity (Wildman–Crippen MR) is 228 cm³/mol. The van der Waals surface area contributed by atoms with E-state index in [1.54, 1.807) is 0 Å². The van der Waals surface area contributed by atoms with Crippen molar-refractivity contribution >= 4 is 22.5 Å². The second kappa shape index (κ2) is 12.0. The van der Waals surface area contributed by atoms with E-state index in [-0.39, 0.29) is 0 Å². The number of rotatable bonds is 3. The molecule has 1 aliphatic carbocycles. The van der Waals surface area contributed by atoms with E-state index in [0.717, 1.165) is 50.0 Å². The van der Waals surface area contributed by atoms with E-state index in [1.165, 1.54) is 43.2 Å². The lowest BCUT2D eigenvalue weighted by molar-refractivity contribution is 0.683. The first-order chi connectivity index (χ1) is 28.2. The summed E-state index contributed by atoms with van der Waals surface area (Å²) in [7, 11) is 0. The van der Waals surface area contributed by atoms with Gasteiger partial charge in [0.15, 0.2) is 0 Å². The van der Waals surface area contributed by atoms with Crippen LogP contribution in [0, 0.1) is 11.3 Å². The van der Waals surface area contributed by atoms with Gasteiger partial charge in [-0.2, -0.15) is 5.26 Å². The quantitative estimate of drug-likeness (QED) is 0.181. The molecule has 9 aromatic rings. The number of nitriles is 1. The fraction of sp³-hybridized carbons (Fsp3) is 0.0377. The molecule has 3 aliphatic rings. The minimum absolute atomic E-state index is 0.586. The highest BCUT2D eigenvalue weighted by molar-refractivity contribution is 7.99. The first kappa shape index (κ1) is 32.2. The van der Waals surface area contributed by atoms with Crippen molar-refractivity contribution in [2.75, 3.05) is 0 Å². The lowest BCUT2D eigenvalue weighted by atomic mass is 9.63. The van der Waals surface area contributed by atoms with Crippen molar-refractivity contribution in [1.29, 1.82) is 5.26 Å². The van der Waals surface area contributed by atoms with Gasteiger partial charge in [0.2, 0.25) is 0 Å². The van der Waals surface area contributed by atoms with Crippen LogP contribution in [-0.4, -0.2) is 9.97 Å². The highest BCUT2D eigenvalue weighted by atomic mass is 32.2. The summed E-state index contributed by atoms with van der Waals surface area (Å²) in [6, 6.07) is 70.1. The molecule has 0 N–H and O–H groups in total. The number of hydrogen-bond acceptors (Lipinski definition) is 4. The van der Waals surface area contributed by atoms with Gasteiger partial charge in [0, 0.05) is 20.9 Å². The van der Waals surface area contributed by atoms with Gasteiger partial charge in [-0.05, 0) is 85.1 Å². The second-order valence-corrected chi connectivity index (χ2v) is 16.1. The van der Waals surface area contributed by atoms with Crippen molar-refractivity contribution in [2.24, 2.45) is 0 Å². The standard InChI is InChI=1S/C53H31N3S/c54-32-34-29-30-39(37-20-8-7-19-36(34)37)52(35-17-5-2-6-18-35)43-25-14-26-44-50(43)49-38(46-31-45(55-51(52)56-46)33-15-3-1-4-16-33)21-13-24-42(49)53(44)40-22-9-11-27-47(40)57-48-28-12-10-23-41(48)53/h1-31H. The van der Waals surface area contributed by atoms with Crippen LogP contribution in [-0.2, 0) is 10.8 Å². The average molecular weight is 742 g/mol. The van der Waals surface area contributed by atoms with E-state index in [9.17, 15) is 5.26 Å². The van der Waals surface area contributed by atoms with Crippen LogP contribution in [0.15, 0.2) is 198 Å². The molecule has 0 saturated heterocycles. The molecule has 0 amide bonds. The molecule has 0 saturated carbocycles. The summed E-state index contributed by atoms with van der Waals surface area (Å²) in [6.07, 6.45) is 0. The van der Waals surface area contributed by atoms with Crippen molar-refractivity contribution < 1.29 is 0 Å². The van der Waals surface area contributed by atoms with Gasteiger partial charge in [0.1, 0.15) is 11.2 Å². The molecular weight excluding hydrogens is 711 g/mol. The lowest BCUT2D eigenvalue weighted by Crippen LogP contribution is -2.35. The van der Waals surface area contributed by atoms with Crippen LogP contribution in [0.3, 0.4) is 0 Å². The van der Waals surface area contributed by atoms with Gasteiger partial charge in [0.25, 0.3) is 0 Å². The van der Waals surface area contributed by atoms with Gasteiger partial charge >= 0.3 is 0 Å². The van der Waals surface area contributed by atoms with Gasteiger partial charge in [-0.25, -0.2) is 9.97 Å². The molecule has 8 aromatic carbocycles. The lowest BCUT2D eigenvalue weighted by Gasteiger charge is -2.40. The number of nitrogens with zero attached hydrogens (tertiary/aromatic N) is 3. The Morgan fingerprint density at radius 3 is 1.72 bits per heavy atom. The summed E-state index contributed by atoms with van der Waals surface area (Å²) < 4.78 is 0. The fourth-order valence-electron chi connectivity index (χ4n) is 10.3. The summed E-state index contributed by atoms with van der Waals surface area (Å²) >= 11 is 1.86. The van der Waals surface area contributed by atoms with Crippen LogP contribution in [0.25, 0.3) is 44.4 Å². The Morgan fingerprint density at radius 2 is 1.00 bits per heavy atom. The Morgan fingerprint density at radius 1 is 0.439 bits per heavy atom. The van der Waals surface area contributed by atoms with Gasteiger partial charge in [0.05, 0.1) is 28.4 Å². The van der Waals surface area contributed by atoms with E-state index < -0.39 is 10.8 Å². The number of benzene rings is 8. The maximum atomic E-state index is 10.4. The first-order valence-electron chi connectivity index (χ1n) is 19.3. The maximum Gasteiger partial charge on any atom is 0.149 e. The van der Waals surface area contributed by atoms with Crippen LogP contribution >= 0.6 is 11.8 Å². The number of fused-ring (bicyclic) bond motifs is 10. The summed E-state index contributed by atoms with van der Waals surface area (Å²) in [5, 5.41) is 12.3. The molecule has 4 heteroatoms. The van der Waals surface area contributed by atoms with Crippen molar-refractivity contribution in [2.45, 2.75) is 20.6 Å². The molecule has 3 nitrogen and oxygen atoms in total. The zero-order chi connectivity index (χ0) is 37.7. The van der Waals surface area contributed by atoms with Gasteiger partial charge in [-0.15, -0.1) is 0 Å². The third-order valence-electron chi connectivity index (χ3n) is 12.5. The smallest absolute Gasteiger partial charge is 0.149 e. The highest BCUT2D eigenvalue weighted by Gasteiger charge is 2.55. The normalized spacial score (nSPS) is 16.2. The van der Waals surface area contributed by atoms with Crippen molar-refractivity contribution in [3.8, 4) is 39.7 Å². The Labute approximate surface area is 335 Å².